The second-order valence-corrected chi connectivity index (χ2v) is 7.83. The summed E-state index contributed by atoms with van der Waals surface area (Å²) in [5.74, 6) is 1.85. The predicted octanol–water partition coefficient (Wildman–Crippen LogP) is 2.19. The first-order valence-electron chi connectivity index (χ1n) is 10.4. The van der Waals surface area contributed by atoms with Crippen LogP contribution in [0.25, 0.3) is 16.7 Å². The molecule has 1 N–H and O–H groups in total. The molecular weight excluding hydrogens is 378 g/mol. The lowest BCUT2D eigenvalue weighted by Crippen LogP contribution is -2.44. The molecule has 1 fully saturated rings. The van der Waals surface area contributed by atoms with E-state index in [4.69, 9.17) is 0 Å². The maximum absolute atomic E-state index is 12.8. The molecule has 0 saturated carbocycles. The van der Waals surface area contributed by atoms with Crippen molar-refractivity contribution in [2.45, 2.75) is 19.3 Å². The highest BCUT2D eigenvalue weighted by molar-refractivity contribution is 5.79. The van der Waals surface area contributed by atoms with Gasteiger partial charge in [-0.3, -0.25) is 9.20 Å². The number of nitrogens with zero attached hydrogens (tertiary/aromatic N) is 6. The summed E-state index contributed by atoms with van der Waals surface area (Å²) in [6.07, 6.45) is 4.53. The third kappa shape index (κ3) is 3.38. The van der Waals surface area contributed by atoms with E-state index in [0.717, 1.165) is 47.8 Å². The van der Waals surface area contributed by atoms with Gasteiger partial charge in [0.15, 0.2) is 5.65 Å². The Kier molecular flexibility index (Phi) is 4.82. The van der Waals surface area contributed by atoms with Gasteiger partial charge in [-0.05, 0) is 37.1 Å². The van der Waals surface area contributed by atoms with Crippen LogP contribution < -0.4 is 10.2 Å². The Hall–Kier alpha value is -3.42. The van der Waals surface area contributed by atoms with Crippen molar-refractivity contribution in [3.63, 3.8) is 0 Å². The van der Waals surface area contributed by atoms with E-state index in [2.05, 4.69) is 36.0 Å². The van der Waals surface area contributed by atoms with Crippen LogP contribution in [-0.4, -0.2) is 49.7 Å². The van der Waals surface area contributed by atoms with Crippen molar-refractivity contribution in [2.75, 3.05) is 24.5 Å². The van der Waals surface area contributed by atoms with Crippen LogP contribution in [0.1, 0.15) is 18.7 Å². The Balaban J connectivity index is 1.21. The zero-order valence-electron chi connectivity index (χ0n) is 17.0. The Morgan fingerprint density at radius 2 is 2.03 bits per heavy atom. The molecule has 1 amide bonds. The highest BCUT2D eigenvalue weighted by Gasteiger charge is 2.28. The minimum absolute atomic E-state index is 0.0461. The molecule has 1 aromatic carbocycles. The third-order valence-corrected chi connectivity index (χ3v) is 5.90. The fourth-order valence-electron chi connectivity index (χ4n) is 4.28. The quantitative estimate of drug-likeness (QED) is 0.553. The van der Waals surface area contributed by atoms with Crippen molar-refractivity contribution in [1.82, 2.24) is 29.5 Å². The molecule has 0 radical (unpaired) electrons. The lowest BCUT2D eigenvalue weighted by Gasteiger charge is -2.31. The van der Waals surface area contributed by atoms with E-state index in [1.54, 1.807) is 0 Å². The molecule has 8 nitrogen and oxygen atoms in total. The molecule has 5 rings (SSSR count). The Morgan fingerprint density at radius 3 is 2.93 bits per heavy atom. The number of aromatic nitrogens is 5. The SMILES string of the molecule is Cn1c(CCNC(=O)[C@@H]2CCCN(c3nnc4ccccn34)C2)nc2ccccc21. The zero-order valence-corrected chi connectivity index (χ0v) is 17.0. The van der Waals surface area contributed by atoms with E-state index in [1.165, 1.54) is 0 Å². The van der Waals surface area contributed by atoms with Crippen LogP contribution in [0.3, 0.4) is 0 Å². The number of fused-ring (bicyclic) bond motifs is 2. The monoisotopic (exact) mass is 403 g/mol. The van der Waals surface area contributed by atoms with E-state index < -0.39 is 0 Å². The van der Waals surface area contributed by atoms with Gasteiger partial charge in [-0.1, -0.05) is 18.2 Å². The number of carbonyl (C=O) groups excluding carboxylic acids is 1. The molecule has 30 heavy (non-hydrogen) atoms. The molecule has 1 atom stereocenters. The smallest absolute Gasteiger partial charge is 0.231 e. The van der Waals surface area contributed by atoms with Gasteiger partial charge in [0.05, 0.1) is 17.0 Å². The van der Waals surface area contributed by atoms with Gasteiger partial charge >= 0.3 is 0 Å². The molecule has 0 spiro atoms. The lowest BCUT2D eigenvalue weighted by atomic mass is 9.97. The topological polar surface area (TPSA) is 80.4 Å². The number of para-hydroxylation sites is 2. The highest BCUT2D eigenvalue weighted by atomic mass is 16.1. The number of aryl methyl sites for hydroxylation is 1. The number of pyridine rings is 1. The summed E-state index contributed by atoms with van der Waals surface area (Å²) in [7, 11) is 2.02. The minimum atomic E-state index is -0.0461. The molecule has 0 bridgehead atoms. The normalized spacial score (nSPS) is 17.0. The van der Waals surface area contributed by atoms with Crippen molar-refractivity contribution >= 4 is 28.5 Å². The van der Waals surface area contributed by atoms with Crippen molar-refractivity contribution in [2.24, 2.45) is 13.0 Å². The van der Waals surface area contributed by atoms with Crippen LogP contribution in [0.15, 0.2) is 48.7 Å². The van der Waals surface area contributed by atoms with Gasteiger partial charge in [0.25, 0.3) is 0 Å². The van der Waals surface area contributed by atoms with Gasteiger partial charge in [-0.2, -0.15) is 0 Å². The third-order valence-electron chi connectivity index (χ3n) is 5.90. The van der Waals surface area contributed by atoms with Crippen molar-refractivity contribution < 1.29 is 4.79 Å². The number of benzene rings is 1. The first-order chi connectivity index (χ1) is 14.7. The predicted molar refractivity (Wildman–Crippen MR) is 115 cm³/mol. The fourth-order valence-corrected chi connectivity index (χ4v) is 4.28. The molecule has 0 aliphatic carbocycles. The summed E-state index contributed by atoms with van der Waals surface area (Å²) in [4.78, 5) is 19.7. The fraction of sp³-hybridized carbons (Fsp3) is 0.364. The van der Waals surface area contributed by atoms with Crippen molar-refractivity contribution in [3.8, 4) is 0 Å². The molecule has 4 heterocycles. The Labute approximate surface area is 174 Å². The molecule has 3 aromatic heterocycles. The first kappa shape index (κ1) is 18.6. The van der Waals surface area contributed by atoms with E-state index >= 15 is 0 Å². The molecule has 154 valence electrons. The largest absolute Gasteiger partial charge is 0.355 e. The number of piperidine rings is 1. The standard InChI is InChI=1S/C22H25N7O/c1-27-18-9-3-2-8-17(18)24-19(27)11-12-23-21(30)16-7-6-13-28(15-16)22-26-25-20-10-4-5-14-29(20)22/h2-5,8-10,14,16H,6-7,11-13,15H2,1H3,(H,23,30)/t16-/m1/s1. The number of anilines is 1. The van der Waals surface area contributed by atoms with Gasteiger partial charge in [0.1, 0.15) is 5.82 Å². The van der Waals surface area contributed by atoms with Crippen molar-refractivity contribution in [3.05, 3.63) is 54.5 Å². The Morgan fingerprint density at radius 1 is 1.17 bits per heavy atom. The number of hydrogen-bond donors (Lipinski definition) is 1. The molecule has 1 aliphatic heterocycles. The summed E-state index contributed by atoms with van der Waals surface area (Å²) in [6.45, 7) is 2.13. The number of hydrogen-bond acceptors (Lipinski definition) is 5. The van der Waals surface area contributed by atoms with Crippen LogP contribution in [-0.2, 0) is 18.3 Å². The van der Waals surface area contributed by atoms with Crippen LogP contribution in [0, 0.1) is 5.92 Å². The molecule has 8 heteroatoms. The molecule has 0 unspecified atom stereocenters. The summed E-state index contributed by atoms with van der Waals surface area (Å²) in [6, 6.07) is 13.9. The van der Waals surface area contributed by atoms with Gasteiger partial charge in [-0.15, -0.1) is 10.2 Å². The highest BCUT2D eigenvalue weighted by Crippen LogP contribution is 2.22. The van der Waals surface area contributed by atoms with Crippen LogP contribution in [0.2, 0.25) is 0 Å². The maximum atomic E-state index is 12.8. The first-order valence-corrected chi connectivity index (χ1v) is 10.4. The number of nitrogens with one attached hydrogen (secondary N) is 1. The van der Waals surface area contributed by atoms with Gasteiger partial charge in [0, 0.05) is 39.3 Å². The minimum Gasteiger partial charge on any atom is -0.355 e. The number of amides is 1. The van der Waals surface area contributed by atoms with Gasteiger partial charge in [-0.25, -0.2) is 4.98 Å². The number of imidazole rings is 1. The van der Waals surface area contributed by atoms with Crippen LogP contribution >= 0.6 is 0 Å². The van der Waals surface area contributed by atoms with E-state index in [1.807, 2.05) is 54.0 Å². The summed E-state index contributed by atoms with van der Waals surface area (Å²) >= 11 is 0. The average Bonchev–Trinajstić information content (AvgIpc) is 3.35. The average molecular weight is 403 g/mol. The van der Waals surface area contributed by atoms with Gasteiger partial charge in [0.2, 0.25) is 11.9 Å². The summed E-state index contributed by atoms with van der Waals surface area (Å²) in [5.41, 5.74) is 2.92. The van der Waals surface area contributed by atoms with Gasteiger partial charge < -0.3 is 14.8 Å². The van der Waals surface area contributed by atoms with E-state index in [9.17, 15) is 4.79 Å². The van der Waals surface area contributed by atoms with E-state index in [-0.39, 0.29) is 11.8 Å². The lowest BCUT2D eigenvalue weighted by molar-refractivity contribution is -0.125. The Bertz CT molecular complexity index is 1190. The molecule has 4 aromatic rings. The molecular formula is C22H25N7O. The summed E-state index contributed by atoms with van der Waals surface area (Å²) < 4.78 is 4.08. The molecule has 1 saturated heterocycles. The van der Waals surface area contributed by atoms with Crippen LogP contribution in [0.5, 0.6) is 0 Å². The second-order valence-electron chi connectivity index (χ2n) is 7.83. The second kappa shape index (κ2) is 7.78. The molecule has 1 aliphatic rings. The number of rotatable bonds is 5. The number of carbonyl (C=O) groups is 1. The van der Waals surface area contributed by atoms with E-state index in [0.29, 0.717) is 19.5 Å². The van der Waals surface area contributed by atoms with Crippen molar-refractivity contribution in [1.29, 1.82) is 0 Å². The van der Waals surface area contributed by atoms with Crippen LogP contribution in [0.4, 0.5) is 5.95 Å². The zero-order chi connectivity index (χ0) is 20.5. The summed E-state index contributed by atoms with van der Waals surface area (Å²) in [5, 5.41) is 11.7. The maximum Gasteiger partial charge on any atom is 0.231 e.